The Morgan fingerprint density at radius 1 is 1.20 bits per heavy atom. The van der Waals surface area contributed by atoms with Gasteiger partial charge in [-0.2, -0.15) is 0 Å². The van der Waals surface area contributed by atoms with Gasteiger partial charge in [0.2, 0.25) is 0 Å². The van der Waals surface area contributed by atoms with Crippen LogP contribution in [0.4, 0.5) is 17.3 Å². The molecule has 0 aliphatic rings. The molecule has 0 bridgehead atoms. The van der Waals surface area contributed by atoms with Gasteiger partial charge in [-0.25, -0.2) is 15.8 Å². The number of nitrogens with one attached hydrogen (secondary N) is 2. The van der Waals surface area contributed by atoms with Crippen LogP contribution in [0.15, 0.2) is 29.4 Å². The van der Waals surface area contributed by atoms with Crippen molar-refractivity contribution < 1.29 is 4.74 Å². The van der Waals surface area contributed by atoms with Gasteiger partial charge in [-0.1, -0.05) is 11.8 Å². The van der Waals surface area contributed by atoms with E-state index in [4.69, 9.17) is 10.6 Å². The molecule has 1 heterocycles. The number of hydrogen-bond donors (Lipinski definition) is 3. The third kappa shape index (κ3) is 3.31. The van der Waals surface area contributed by atoms with Crippen LogP contribution in [0.5, 0.6) is 5.75 Å². The number of anilines is 3. The minimum Gasteiger partial charge on any atom is -0.496 e. The molecule has 20 heavy (non-hydrogen) atoms. The fourth-order valence-electron chi connectivity index (χ4n) is 1.76. The average Bonchev–Trinajstić information content (AvgIpc) is 2.47. The van der Waals surface area contributed by atoms with Gasteiger partial charge in [-0.15, -0.1) is 0 Å². The van der Waals surface area contributed by atoms with E-state index in [-0.39, 0.29) is 0 Å². The topological polar surface area (TPSA) is 85.1 Å². The molecule has 7 heteroatoms. The summed E-state index contributed by atoms with van der Waals surface area (Å²) in [6, 6.07) is 7.59. The highest BCUT2D eigenvalue weighted by molar-refractivity contribution is 7.98. The lowest BCUT2D eigenvalue weighted by atomic mass is 10.2. The van der Waals surface area contributed by atoms with E-state index in [1.54, 1.807) is 13.2 Å². The zero-order valence-corrected chi connectivity index (χ0v) is 12.4. The van der Waals surface area contributed by atoms with E-state index in [1.165, 1.54) is 11.8 Å². The van der Waals surface area contributed by atoms with Crippen molar-refractivity contribution in [2.45, 2.75) is 12.1 Å². The molecule has 1 aromatic carbocycles. The maximum Gasteiger partial charge on any atom is 0.191 e. The Hall–Kier alpha value is -1.99. The predicted molar refractivity (Wildman–Crippen MR) is 82.6 cm³/mol. The summed E-state index contributed by atoms with van der Waals surface area (Å²) in [6.07, 6.45) is 1.91. The van der Waals surface area contributed by atoms with Crippen molar-refractivity contribution in [3.8, 4) is 5.75 Å². The molecule has 106 valence electrons. The van der Waals surface area contributed by atoms with E-state index in [0.717, 1.165) is 17.0 Å². The van der Waals surface area contributed by atoms with Gasteiger partial charge < -0.3 is 15.5 Å². The van der Waals surface area contributed by atoms with Crippen LogP contribution in [-0.2, 0) is 0 Å². The first kappa shape index (κ1) is 14.4. The number of hydrogen-bond acceptors (Lipinski definition) is 7. The third-order valence-electron chi connectivity index (χ3n) is 2.70. The number of aromatic nitrogens is 2. The van der Waals surface area contributed by atoms with E-state index in [9.17, 15) is 0 Å². The van der Waals surface area contributed by atoms with E-state index < -0.39 is 0 Å². The van der Waals surface area contributed by atoms with Crippen LogP contribution in [0.25, 0.3) is 0 Å². The molecule has 4 N–H and O–H groups in total. The standard InChI is InChI=1S/C13H17N5OS/c1-8-6-9(4-5-10(8)19-2)15-11-7-12(18-14)17-13(16-11)20-3/h4-7H,14H2,1-3H3,(H2,15,16,17,18). The van der Waals surface area contributed by atoms with Crippen LogP contribution in [0.3, 0.4) is 0 Å². The first-order valence-corrected chi connectivity index (χ1v) is 7.20. The van der Waals surface area contributed by atoms with E-state index in [2.05, 4.69) is 20.7 Å². The zero-order chi connectivity index (χ0) is 14.5. The van der Waals surface area contributed by atoms with Gasteiger partial charge in [0.1, 0.15) is 17.4 Å². The van der Waals surface area contributed by atoms with Crippen LogP contribution in [-0.4, -0.2) is 23.3 Å². The molecule has 0 unspecified atom stereocenters. The summed E-state index contributed by atoms with van der Waals surface area (Å²) in [6.45, 7) is 1.99. The molecule has 0 fully saturated rings. The molecule has 0 saturated heterocycles. The van der Waals surface area contributed by atoms with Crippen molar-refractivity contribution in [2.24, 2.45) is 5.84 Å². The highest BCUT2D eigenvalue weighted by Gasteiger charge is 2.05. The van der Waals surface area contributed by atoms with Crippen molar-refractivity contribution >= 4 is 29.1 Å². The number of nitrogen functional groups attached to an aromatic ring is 1. The number of benzene rings is 1. The second kappa shape index (κ2) is 6.44. The molecule has 0 saturated carbocycles. The van der Waals surface area contributed by atoms with Gasteiger partial charge in [0.05, 0.1) is 7.11 Å². The zero-order valence-electron chi connectivity index (χ0n) is 11.6. The van der Waals surface area contributed by atoms with Crippen molar-refractivity contribution in [1.29, 1.82) is 0 Å². The molecule has 0 atom stereocenters. The van der Waals surface area contributed by atoms with Crippen LogP contribution < -0.4 is 21.3 Å². The number of thioether (sulfide) groups is 1. The normalized spacial score (nSPS) is 10.2. The quantitative estimate of drug-likeness (QED) is 0.338. The fraction of sp³-hybridized carbons (Fsp3) is 0.231. The molecule has 6 nitrogen and oxygen atoms in total. The number of aryl methyl sites for hydroxylation is 1. The summed E-state index contributed by atoms with van der Waals surface area (Å²) in [4.78, 5) is 8.59. The summed E-state index contributed by atoms with van der Waals surface area (Å²) < 4.78 is 5.24. The molecular formula is C13H17N5OS. The summed E-state index contributed by atoms with van der Waals surface area (Å²) in [5, 5.41) is 3.88. The number of rotatable bonds is 5. The van der Waals surface area contributed by atoms with Crippen LogP contribution in [0, 0.1) is 6.92 Å². The molecule has 0 radical (unpaired) electrons. The van der Waals surface area contributed by atoms with Gasteiger partial charge in [0.15, 0.2) is 5.16 Å². The number of nitrogens with two attached hydrogens (primary N) is 1. The van der Waals surface area contributed by atoms with Gasteiger partial charge in [-0.3, -0.25) is 0 Å². The second-order valence-electron chi connectivity index (χ2n) is 4.08. The SMILES string of the molecule is COc1ccc(Nc2cc(NN)nc(SC)n2)cc1C. The smallest absolute Gasteiger partial charge is 0.191 e. The number of nitrogens with zero attached hydrogens (tertiary/aromatic N) is 2. The predicted octanol–water partition coefficient (Wildman–Crippen LogP) is 2.54. The number of hydrazine groups is 1. The molecule has 0 aliphatic heterocycles. The monoisotopic (exact) mass is 291 g/mol. The van der Waals surface area contributed by atoms with Gasteiger partial charge >= 0.3 is 0 Å². The summed E-state index contributed by atoms with van der Waals surface area (Å²) in [7, 11) is 1.66. The van der Waals surface area contributed by atoms with Gasteiger partial charge in [0, 0.05) is 11.8 Å². The minimum atomic E-state index is 0.567. The summed E-state index contributed by atoms with van der Waals surface area (Å²) >= 11 is 1.45. The molecule has 0 amide bonds. The Labute approximate surface area is 122 Å². The first-order valence-electron chi connectivity index (χ1n) is 5.97. The van der Waals surface area contributed by atoms with Gasteiger partial charge in [-0.05, 0) is 36.9 Å². The molecule has 0 spiro atoms. The van der Waals surface area contributed by atoms with Gasteiger partial charge in [0.25, 0.3) is 0 Å². The lowest BCUT2D eigenvalue weighted by Gasteiger charge is -2.11. The van der Waals surface area contributed by atoms with Crippen molar-refractivity contribution in [1.82, 2.24) is 9.97 Å². The Morgan fingerprint density at radius 3 is 2.55 bits per heavy atom. The van der Waals surface area contributed by atoms with Crippen LogP contribution in [0.2, 0.25) is 0 Å². The lowest BCUT2D eigenvalue weighted by molar-refractivity contribution is 0.412. The van der Waals surface area contributed by atoms with Crippen molar-refractivity contribution in [3.05, 3.63) is 29.8 Å². The Bertz CT molecular complexity index is 583. The average molecular weight is 291 g/mol. The van der Waals surface area contributed by atoms with E-state index in [0.29, 0.717) is 16.8 Å². The van der Waals surface area contributed by atoms with E-state index in [1.807, 2.05) is 31.4 Å². The molecule has 2 rings (SSSR count). The molecular weight excluding hydrogens is 274 g/mol. The Balaban J connectivity index is 2.27. The number of ether oxygens (including phenoxy) is 1. The highest BCUT2D eigenvalue weighted by atomic mass is 32.2. The first-order chi connectivity index (χ1) is 9.66. The molecule has 2 aromatic rings. The fourth-order valence-corrected chi connectivity index (χ4v) is 2.14. The maximum absolute atomic E-state index is 5.40. The Kier molecular flexibility index (Phi) is 4.65. The number of methoxy groups -OCH3 is 1. The Morgan fingerprint density at radius 2 is 1.95 bits per heavy atom. The third-order valence-corrected chi connectivity index (χ3v) is 3.25. The molecule has 0 aliphatic carbocycles. The lowest BCUT2D eigenvalue weighted by Crippen LogP contribution is -2.10. The summed E-state index contributed by atoms with van der Waals surface area (Å²) in [5.74, 6) is 7.51. The summed E-state index contributed by atoms with van der Waals surface area (Å²) in [5.41, 5.74) is 4.51. The molecule has 1 aromatic heterocycles. The van der Waals surface area contributed by atoms with Crippen molar-refractivity contribution in [3.63, 3.8) is 0 Å². The largest absolute Gasteiger partial charge is 0.496 e. The van der Waals surface area contributed by atoms with Crippen molar-refractivity contribution in [2.75, 3.05) is 24.1 Å². The van der Waals surface area contributed by atoms with Crippen LogP contribution in [0.1, 0.15) is 5.56 Å². The highest BCUT2D eigenvalue weighted by Crippen LogP contribution is 2.25. The van der Waals surface area contributed by atoms with Crippen LogP contribution >= 0.6 is 11.8 Å². The minimum absolute atomic E-state index is 0.567. The second-order valence-corrected chi connectivity index (χ2v) is 4.85. The van der Waals surface area contributed by atoms with E-state index >= 15 is 0 Å². The maximum atomic E-state index is 5.40.